The van der Waals surface area contributed by atoms with E-state index in [0.717, 1.165) is 23.4 Å². The number of nitrogens with zero attached hydrogens (tertiary/aromatic N) is 3. The van der Waals surface area contributed by atoms with Gasteiger partial charge in [0, 0.05) is 29.2 Å². The summed E-state index contributed by atoms with van der Waals surface area (Å²) in [5.74, 6) is -0.494. The van der Waals surface area contributed by atoms with Crippen LogP contribution in [0.4, 0.5) is 11.4 Å². The number of nitro groups is 1. The number of carbonyl (C=O) groups is 1. The summed E-state index contributed by atoms with van der Waals surface area (Å²) in [6.07, 6.45) is 2.43. The van der Waals surface area contributed by atoms with E-state index in [1.165, 1.54) is 18.2 Å². The first-order valence-electron chi connectivity index (χ1n) is 9.80. The molecule has 0 aliphatic carbocycles. The zero-order chi connectivity index (χ0) is 22.5. The van der Waals surface area contributed by atoms with Crippen LogP contribution in [0, 0.1) is 35.3 Å². The van der Waals surface area contributed by atoms with Crippen molar-refractivity contribution in [2.45, 2.75) is 27.2 Å². The van der Waals surface area contributed by atoms with E-state index in [0.29, 0.717) is 16.9 Å². The molecule has 0 aliphatic heterocycles. The van der Waals surface area contributed by atoms with Gasteiger partial charge in [0.05, 0.1) is 10.6 Å². The molecule has 0 radical (unpaired) electrons. The number of anilines is 1. The molecule has 0 aliphatic rings. The first kappa shape index (κ1) is 21.5. The molecule has 0 saturated heterocycles. The van der Waals surface area contributed by atoms with E-state index in [9.17, 15) is 20.2 Å². The van der Waals surface area contributed by atoms with Gasteiger partial charge < -0.3 is 9.88 Å². The molecule has 156 valence electrons. The lowest BCUT2D eigenvalue weighted by Crippen LogP contribution is -2.13. The predicted octanol–water partition coefficient (Wildman–Crippen LogP) is 5.11. The minimum absolute atomic E-state index is 0.00623. The van der Waals surface area contributed by atoms with Crippen LogP contribution in [-0.2, 0) is 11.2 Å². The fraction of sp³-hybridized carbons (Fsp3) is 0.167. The molecule has 0 atom stereocenters. The average molecular weight is 414 g/mol. The van der Waals surface area contributed by atoms with Crippen molar-refractivity contribution in [2.75, 3.05) is 5.32 Å². The third kappa shape index (κ3) is 4.70. The standard InChI is InChI=1S/C24H22N4O3/c1-4-18-8-10-21(11-9-18)26-24(29)20(15-25)13-19-12-16(2)27(17(19)3)22-6-5-7-23(14-22)28(30)31/h5-14H,4H2,1-3H3,(H,26,29)/b20-13-. The number of hydrogen-bond acceptors (Lipinski definition) is 4. The van der Waals surface area contributed by atoms with E-state index in [1.54, 1.807) is 24.3 Å². The Hall–Kier alpha value is -4.18. The van der Waals surface area contributed by atoms with Gasteiger partial charge in [-0.15, -0.1) is 0 Å². The van der Waals surface area contributed by atoms with Crippen LogP contribution in [0.1, 0.15) is 29.4 Å². The lowest BCUT2D eigenvalue weighted by molar-refractivity contribution is -0.384. The molecule has 0 bridgehead atoms. The van der Waals surface area contributed by atoms with Crippen LogP contribution in [-0.4, -0.2) is 15.4 Å². The normalized spacial score (nSPS) is 11.1. The maximum Gasteiger partial charge on any atom is 0.271 e. The Balaban J connectivity index is 1.92. The molecule has 7 heteroatoms. The third-order valence-corrected chi connectivity index (χ3v) is 5.05. The maximum absolute atomic E-state index is 12.6. The molecular weight excluding hydrogens is 392 g/mol. The fourth-order valence-electron chi connectivity index (χ4n) is 3.40. The number of aryl methyl sites for hydroxylation is 2. The highest BCUT2D eigenvalue weighted by Gasteiger charge is 2.15. The highest BCUT2D eigenvalue weighted by Crippen LogP contribution is 2.25. The average Bonchev–Trinajstić information content (AvgIpc) is 3.05. The summed E-state index contributed by atoms with van der Waals surface area (Å²) in [6, 6.07) is 17.6. The Morgan fingerprint density at radius 1 is 1.19 bits per heavy atom. The maximum atomic E-state index is 12.6. The Labute approximate surface area is 180 Å². The first-order chi connectivity index (χ1) is 14.8. The van der Waals surface area contributed by atoms with E-state index < -0.39 is 10.8 Å². The van der Waals surface area contributed by atoms with Gasteiger partial charge in [0.25, 0.3) is 11.6 Å². The van der Waals surface area contributed by atoms with E-state index in [-0.39, 0.29) is 11.3 Å². The molecule has 3 aromatic rings. The van der Waals surface area contributed by atoms with E-state index in [2.05, 4.69) is 5.32 Å². The minimum Gasteiger partial charge on any atom is -0.321 e. The third-order valence-electron chi connectivity index (χ3n) is 5.05. The Bertz CT molecular complexity index is 1210. The van der Waals surface area contributed by atoms with Crippen molar-refractivity contribution in [1.82, 2.24) is 4.57 Å². The van der Waals surface area contributed by atoms with Crippen LogP contribution in [0.5, 0.6) is 0 Å². The zero-order valence-corrected chi connectivity index (χ0v) is 17.5. The number of amides is 1. The SMILES string of the molecule is CCc1ccc(NC(=O)/C(C#N)=C\c2cc(C)n(-c3cccc([N+](=O)[O-])c3)c2C)cc1. The topological polar surface area (TPSA) is 101 Å². The molecule has 1 amide bonds. The first-order valence-corrected chi connectivity index (χ1v) is 9.80. The molecule has 1 heterocycles. The van der Waals surface area contributed by atoms with Crippen LogP contribution in [0.2, 0.25) is 0 Å². The van der Waals surface area contributed by atoms with Gasteiger partial charge in [0.2, 0.25) is 0 Å². The Morgan fingerprint density at radius 3 is 2.52 bits per heavy atom. The molecular formula is C24H22N4O3. The van der Waals surface area contributed by atoms with Crippen LogP contribution < -0.4 is 5.32 Å². The lowest BCUT2D eigenvalue weighted by atomic mass is 10.1. The highest BCUT2D eigenvalue weighted by molar-refractivity contribution is 6.09. The van der Waals surface area contributed by atoms with E-state index >= 15 is 0 Å². The second-order valence-corrected chi connectivity index (χ2v) is 7.11. The monoisotopic (exact) mass is 414 g/mol. The molecule has 3 rings (SSSR count). The quantitative estimate of drug-likeness (QED) is 0.262. The molecule has 0 spiro atoms. The minimum atomic E-state index is -0.494. The highest BCUT2D eigenvalue weighted by atomic mass is 16.6. The van der Waals surface area contributed by atoms with Crippen LogP contribution in [0.15, 0.2) is 60.2 Å². The van der Waals surface area contributed by atoms with Gasteiger partial charge >= 0.3 is 0 Å². The number of benzene rings is 2. The number of nitrogens with one attached hydrogen (secondary N) is 1. The van der Waals surface area contributed by atoms with Crippen molar-refractivity contribution in [1.29, 1.82) is 5.26 Å². The number of rotatable bonds is 6. The number of carbonyl (C=O) groups excluding carboxylic acids is 1. The van der Waals surface area contributed by atoms with Crippen molar-refractivity contribution in [3.05, 3.63) is 92.8 Å². The number of non-ortho nitro benzene ring substituents is 1. The van der Waals surface area contributed by atoms with E-state index in [4.69, 9.17) is 0 Å². The van der Waals surface area contributed by atoms with Crippen LogP contribution in [0.25, 0.3) is 11.8 Å². The molecule has 0 unspecified atom stereocenters. The van der Waals surface area contributed by atoms with Crippen molar-refractivity contribution in [2.24, 2.45) is 0 Å². The summed E-state index contributed by atoms with van der Waals surface area (Å²) in [5, 5.41) is 23.4. The van der Waals surface area contributed by atoms with Crippen molar-refractivity contribution in [3.8, 4) is 11.8 Å². The summed E-state index contributed by atoms with van der Waals surface area (Å²) >= 11 is 0. The summed E-state index contributed by atoms with van der Waals surface area (Å²) < 4.78 is 1.86. The van der Waals surface area contributed by atoms with Gasteiger partial charge in [-0.2, -0.15) is 5.26 Å². The largest absolute Gasteiger partial charge is 0.321 e. The Morgan fingerprint density at radius 2 is 1.90 bits per heavy atom. The molecule has 7 nitrogen and oxygen atoms in total. The molecule has 1 N–H and O–H groups in total. The predicted molar refractivity (Wildman–Crippen MR) is 120 cm³/mol. The summed E-state index contributed by atoms with van der Waals surface area (Å²) in [5.41, 5.74) is 4.67. The van der Waals surface area contributed by atoms with Gasteiger partial charge in [-0.05, 0) is 61.7 Å². The molecule has 0 saturated carbocycles. The van der Waals surface area contributed by atoms with Crippen molar-refractivity contribution in [3.63, 3.8) is 0 Å². The number of hydrogen-bond donors (Lipinski definition) is 1. The fourth-order valence-corrected chi connectivity index (χ4v) is 3.40. The zero-order valence-electron chi connectivity index (χ0n) is 17.5. The molecule has 31 heavy (non-hydrogen) atoms. The van der Waals surface area contributed by atoms with Crippen LogP contribution >= 0.6 is 0 Å². The van der Waals surface area contributed by atoms with Gasteiger partial charge in [0.1, 0.15) is 11.6 Å². The van der Waals surface area contributed by atoms with Crippen LogP contribution in [0.3, 0.4) is 0 Å². The van der Waals surface area contributed by atoms with Gasteiger partial charge in [0.15, 0.2) is 0 Å². The van der Waals surface area contributed by atoms with E-state index in [1.807, 2.05) is 49.6 Å². The number of nitro benzene ring substituents is 1. The van der Waals surface area contributed by atoms with Gasteiger partial charge in [-0.25, -0.2) is 0 Å². The van der Waals surface area contributed by atoms with Gasteiger partial charge in [-0.3, -0.25) is 14.9 Å². The van der Waals surface area contributed by atoms with Crippen molar-refractivity contribution >= 4 is 23.4 Å². The summed E-state index contributed by atoms with van der Waals surface area (Å²) in [7, 11) is 0. The summed E-state index contributed by atoms with van der Waals surface area (Å²) in [4.78, 5) is 23.3. The molecule has 0 fully saturated rings. The lowest BCUT2D eigenvalue weighted by Gasteiger charge is -2.09. The number of nitriles is 1. The molecule has 1 aromatic heterocycles. The smallest absolute Gasteiger partial charge is 0.271 e. The Kier molecular flexibility index (Phi) is 6.32. The van der Waals surface area contributed by atoms with Gasteiger partial charge in [-0.1, -0.05) is 25.1 Å². The second kappa shape index (κ2) is 9.09. The molecule has 2 aromatic carbocycles. The second-order valence-electron chi connectivity index (χ2n) is 7.11. The number of aromatic nitrogens is 1. The van der Waals surface area contributed by atoms with Crippen molar-refractivity contribution < 1.29 is 9.72 Å². The summed E-state index contributed by atoms with van der Waals surface area (Å²) in [6.45, 7) is 5.76.